The van der Waals surface area contributed by atoms with Gasteiger partial charge in [0.2, 0.25) is 6.10 Å². The van der Waals surface area contributed by atoms with Gasteiger partial charge in [-0.2, -0.15) is 0 Å². The molecule has 0 saturated heterocycles. The molecule has 234 valence electrons. The third kappa shape index (κ3) is 9.17. The first kappa shape index (κ1) is 33.3. The van der Waals surface area contributed by atoms with Gasteiger partial charge in [0.15, 0.2) is 34.5 Å². The van der Waals surface area contributed by atoms with E-state index in [1.54, 1.807) is 12.2 Å². The van der Waals surface area contributed by atoms with E-state index in [9.17, 15) is 50.4 Å². The summed E-state index contributed by atoms with van der Waals surface area (Å²) in [6, 6.07) is 8.91. The first-order valence-corrected chi connectivity index (χ1v) is 13.8. The maximum absolute atomic E-state index is 12.5. The lowest BCUT2D eigenvalue weighted by Crippen LogP contribution is -2.28. The van der Waals surface area contributed by atoms with Crippen LogP contribution in [-0.2, 0) is 27.2 Å². The van der Waals surface area contributed by atoms with Crippen LogP contribution in [0.5, 0.6) is 34.5 Å². The molecule has 11 nitrogen and oxygen atoms in total. The van der Waals surface area contributed by atoms with Crippen LogP contribution in [0.3, 0.4) is 0 Å². The second-order valence-corrected chi connectivity index (χ2v) is 10.8. The Morgan fingerprint density at radius 1 is 0.727 bits per heavy atom. The molecule has 0 bridgehead atoms. The van der Waals surface area contributed by atoms with Crippen molar-refractivity contribution >= 4 is 30.2 Å². The molecule has 0 aromatic heterocycles. The molecule has 0 spiro atoms. The zero-order chi connectivity index (χ0) is 32.6. The Kier molecular flexibility index (Phi) is 11.2. The van der Waals surface area contributed by atoms with Crippen molar-refractivity contribution < 1.29 is 55.2 Å². The van der Waals surface area contributed by atoms with Gasteiger partial charge in [-0.1, -0.05) is 32.1 Å². The van der Waals surface area contributed by atoms with E-state index in [1.165, 1.54) is 42.5 Å². The third-order valence-corrected chi connectivity index (χ3v) is 6.82. The molecule has 0 aliphatic heterocycles. The predicted molar refractivity (Wildman–Crippen MR) is 162 cm³/mol. The summed E-state index contributed by atoms with van der Waals surface area (Å²) in [6.07, 6.45) is 4.61. The number of hydrogen-bond donors (Lipinski definition) is 8. The van der Waals surface area contributed by atoms with Crippen molar-refractivity contribution in [3.05, 3.63) is 76.4 Å². The number of carbonyl (C=O) groups excluding carboxylic acids is 1. The van der Waals surface area contributed by atoms with Gasteiger partial charge in [-0.3, -0.25) is 0 Å². The Morgan fingerprint density at radius 2 is 1.27 bits per heavy atom. The molecule has 3 aromatic rings. The fraction of sp³-hybridized carbons (Fsp3) is 0.273. The molecular weight excluding hydrogens is 572 g/mol. The molecule has 0 aliphatic rings. The molecule has 0 heterocycles. The number of aliphatic hydroxyl groups is 1. The average Bonchev–Trinajstić information content (AvgIpc) is 2.95. The number of benzene rings is 3. The summed E-state index contributed by atoms with van der Waals surface area (Å²) in [7, 11) is 0. The Bertz CT molecular complexity index is 1560. The number of carboxylic acid groups (broad SMARTS) is 1. The molecule has 0 fully saturated rings. The van der Waals surface area contributed by atoms with Crippen molar-refractivity contribution in [3.63, 3.8) is 0 Å². The highest BCUT2D eigenvalue weighted by molar-refractivity contribution is 5.90. The summed E-state index contributed by atoms with van der Waals surface area (Å²) in [4.78, 5) is 24.2. The van der Waals surface area contributed by atoms with Gasteiger partial charge >= 0.3 is 11.9 Å². The van der Waals surface area contributed by atoms with Gasteiger partial charge in [0.05, 0.1) is 0 Å². The number of ether oxygens (including phenoxy) is 1. The molecule has 8 N–H and O–H groups in total. The zero-order valence-electron chi connectivity index (χ0n) is 24.2. The molecule has 3 rings (SSSR count). The molecule has 44 heavy (non-hydrogen) atoms. The number of phenolic OH excluding ortho intramolecular Hbond substituents is 6. The number of phenols is 6. The predicted octanol–water partition coefficient (Wildman–Crippen LogP) is 4.54. The van der Waals surface area contributed by atoms with Crippen molar-refractivity contribution in [2.75, 3.05) is 6.61 Å². The molecule has 0 amide bonds. The maximum Gasteiger partial charge on any atom is 0.345 e. The van der Waals surface area contributed by atoms with E-state index in [1.807, 2.05) is 13.8 Å². The average molecular weight is 609 g/mol. The van der Waals surface area contributed by atoms with E-state index in [0.29, 0.717) is 34.6 Å². The number of aliphatic hydroxyl groups excluding tert-OH is 1. The minimum Gasteiger partial charge on any atom is -0.504 e. The van der Waals surface area contributed by atoms with Gasteiger partial charge in [0, 0.05) is 19.1 Å². The summed E-state index contributed by atoms with van der Waals surface area (Å²) in [5.74, 6) is -4.66. The highest BCUT2D eigenvalue weighted by atomic mass is 16.6. The second-order valence-electron chi connectivity index (χ2n) is 10.8. The van der Waals surface area contributed by atoms with E-state index in [4.69, 9.17) is 4.74 Å². The number of carboxylic acids is 1. The molecule has 0 aliphatic carbocycles. The number of rotatable bonds is 13. The van der Waals surface area contributed by atoms with Crippen LogP contribution in [0.2, 0.25) is 0 Å². The largest absolute Gasteiger partial charge is 0.504 e. The molecule has 0 saturated carbocycles. The third-order valence-electron chi connectivity index (χ3n) is 6.82. The summed E-state index contributed by atoms with van der Waals surface area (Å²) < 4.78 is 5.07. The Hall–Kier alpha value is -5.16. The fourth-order valence-corrected chi connectivity index (χ4v) is 4.67. The number of carbonyl (C=O) groups is 2. The van der Waals surface area contributed by atoms with Gasteiger partial charge in [-0.15, -0.1) is 0 Å². The van der Waals surface area contributed by atoms with Gasteiger partial charge in [-0.05, 0) is 95.0 Å². The maximum atomic E-state index is 12.5. The summed E-state index contributed by atoms with van der Waals surface area (Å²) in [6.45, 7) is 3.99. The van der Waals surface area contributed by atoms with E-state index < -0.39 is 35.3 Å². The lowest BCUT2D eigenvalue weighted by Gasteiger charge is -2.18. The van der Waals surface area contributed by atoms with Crippen LogP contribution in [0.15, 0.2) is 48.5 Å². The van der Waals surface area contributed by atoms with Crippen LogP contribution < -0.4 is 0 Å². The molecule has 2 atom stereocenters. The van der Waals surface area contributed by atoms with Crippen molar-refractivity contribution in [1.29, 1.82) is 0 Å². The van der Waals surface area contributed by atoms with Crippen LogP contribution in [0.25, 0.3) is 18.2 Å². The first-order chi connectivity index (χ1) is 20.8. The van der Waals surface area contributed by atoms with Gasteiger partial charge < -0.3 is 45.6 Å². The smallest absolute Gasteiger partial charge is 0.345 e. The van der Waals surface area contributed by atoms with Gasteiger partial charge in [0.25, 0.3) is 0 Å². The van der Waals surface area contributed by atoms with Crippen molar-refractivity contribution in [1.82, 2.24) is 0 Å². The highest BCUT2D eigenvalue weighted by Crippen LogP contribution is 2.34. The molecule has 11 heteroatoms. The van der Waals surface area contributed by atoms with Crippen molar-refractivity contribution in [2.24, 2.45) is 11.8 Å². The summed E-state index contributed by atoms with van der Waals surface area (Å²) in [5.41, 5.74) is 2.06. The van der Waals surface area contributed by atoms with Crippen LogP contribution in [0, 0.1) is 11.8 Å². The molecular formula is C33H36O11. The lowest BCUT2D eigenvalue weighted by atomic mass is 9.89. The van der Waals surface area contributed by atoms with Crippen molar-refractivity contribution in [3.8, 4) is 34.5 Å². The standard InChI is InChI=1S/C33H36O11/c1-18(2)9-20(17-34)10-24-16-30(40)29(39)15-23(24)5-4-21-13-27(37)28(38)14-22(21)6-8-32(41)44-31(33(42)43)12-19-3-7-25(35)26(36)11-19/h3-8,11,13-16,18,20,31,34-40H,9-10,12,17H2,1-2H3,(H,42,43)/t20-,31+/m0/s1. The quantitative estimate of drug-likeness (QED) is 0.0585. The zero-order valence-corrected chi connectivity index (χ0v) is 24.2. The Morgan fingerprint density at radius 3 is 1.84 bits per heavy atom. The van der Waals surface area contributed by atoms with Crippen LogP contribution in [0.1, 0.15) is 48.1 Å². The highest BCUT2D eigenvalue weighted by Gasteiger charge is 2.22. The van der Waals surface area contributed by atoms with Crippen LogP contribution in [-0.4, -0.2) is 65.5 Å². The van der Waals surface area contributed by atoms with E-state index in [-0.39, 0.29) is 41.8 Å². The SMILES string of the molecule is CC(C)C[C@H](CO)Cc1cc(O)c(O)cc1C=Cc1cc(O)c(O)cc1C=CC(=O)O[C@H](Cc1ccc(O)c(O)c1)C(=O)O. The minimum atomic E-state index is -1.61. The summed E-state index contributed by atoms with van der Waals surface area (Å²) in [5, 5.41) is 78.9. The second kappa shape index (κ2) is 14.8. The number of aliphatic carboxylic acids is 1. The topological polar surface area (TPSA) is 205 Å². The minimum absolute atomic E-state index is 0.0694. The van der Waals surface area contributed by atoms with E-state index >= 15 is 0 Å². The van der Waals surface area contributed by atoms with Gasteiger partial charge in [0.1, 0.15) is 0 Å². The number of hydrogen-bond acceptors (Lipinski definition) is 10. The number of aromatic hydroxyl groups is 6. The Balaban J connectivity index is 1.87. The fourth-order valence-electron chi connectivity index (χ4n) is 4.67. The molecule has 0 unspecified atom stereocenters. The normalized spacial score (nSPS) is 13.0. The molecule has 0 radical (unpaired) electrons. The Labute approximate surface area is 253 Å². The first-order valence-electron chi connectivity index (χ1n) is 13.8. The van der Waals surface area contributed by atoms with Crippen molar-refractivity contribution in [2.45, 2.75) is 39.2 Å². The van der Waals surface area contributed by atoms with Crippen LogP contribution in [0.4, 0.5) is 0 Å². The lowest BCUT2D eigenvalue weighted by molar-refractivity contribution is -0.160. The molecule has 3 aromatic carbocycles. The van der Waals surface area contributed by atoms with Gasteiger partial charge in [-0.25, -0.2) is 9.59 Å². The van der Waals surface area contributed by atoms with E-state index in [2.05, 4.69) is 0 Å². The monoisotopic (exact) mass is 608 g/mol. The van der Waals surface area contributed by atoms with E-state index in [0.717, 1.165) is 18.6 Å². The van der Waals surface area contributed by atoms with Crippen LogP contribution >= 0.6 is 0 Å². The number of esters is 1. The summed E-state index contributed by atoms with van der Waals surface area (Å²) >= 11 is 0.